The molecule has 0 amide bonds. The Morgan fingerprint density at radius 3 is 2.82 bits per heavy atom. The van der Waals surface area contributed by atoms with Crippen LogP contribution in [0.5, 0.6) is 11.5 Å². The molecule has 0 aliphatic carbocycles. The van der Waals surface area contributed by atoms with Gasteiger partial charge in [-0.3, -0.25) is 5.43 Å². The lowest BCUT2D eigenvalue weighted by Crippen LogP contribution is -1.97. The van der Waals surface area contributed by atoms with Crippen LogP contribution in [0, 0.1) is 0 Å². The number of halogens is 3. The molecule has 0 saturated heterocycles. The predicted octanol–water partition coefficient (Wildman–Crippen LogP) is 4.59. The monoisotopic (exact) mass is 359 g/mol. The Balaban J connectivity index is 2.17. The number of anilines is 1. The minimum atomic E-state index is 0.00287. The van der Waals surface area contributed by atoms with Crippen molar-refractivity contribution in [2.75, 3.05) is 12.0 Å². The van der Waals surface area contributed by atoms with Crippen LogP contribution in [0.1, 0.15) is 12.5 Å². The molecular formula is C14H12Cl3N3O2. The van der Waals surface area contributed by atoms with Crippen molar-refractivity contribution in [1.82, 2.24) is 4.98 Å². The Kier molecular flexibility index (Phi) is 5.71. The van der Waals surface area contributed by atoms with Crippen molar-refractivity contribution >= 4 is 46.8 Å². The van der Waals surface area contributed by atoms with Gasteiger partial charge in [0, 0.05) is 5.56 Å². The third-order valence-corrected chi connectivity index (χ3v) is 3.55. The highest BCUT2D eigenvalue weighted by Crippen LogP contribution is 2.30. The molecule has 1 aromatic carbocycles. The summed E-state index contributed by atoms with van der Waals surface area (Å²) >= 11 is 17.6. The van der Waals surface area contributed by atoms with Gasteiger partial charge in [-0.05, 0) is 25.1 Å². The van der Waals surface area contributed by atoms with E-state index in [1.54, 1.807) is 18.2 Å². The number of phenols is 1. The smallest absolute Gasteiger partial charge is 0.166 e. The van der Waals surface area contributed by atoms with E-state index in [0.717, 1.165) is 0 Å². The van der Waals surface area contributed by atoms with Gasteiger partial charge in [0.2, 0.25) is 0 Å². The molecule has 2 aromatic rings. The number of nitrogens with one attached hydrogen (secondary N) is 1. The normalized spacial score (nSPS) is 10.9. The first-order valence-electron chi connectivity index (χ1n) is 6.28. The first kappa shape index (κ1) is 16.7. The second-order valence-electron chi connectivity index (χ2n) is 4.09. The second-order valence-corrected chi connectivity index (χ2v) is 5.26. The number of hydrogen-bond acceptors (Lipinski definition) is 5. The summed E-state index contributed by atoms with van der Waals surface area (Å²) in [6.07, 6.45) is 1.42. The van der Waals surface area contributed by atoms with Crippen LogP contribution < -0.4 is 10.2 Å². The fourth-order valence-electron chi connectivity index (χ4n) is 1.60. The number of para-hydroxylation sites is 1. The molecule has 0 spiro atoms. The summed E-state index contributed by atoms with van der Waals surface area (Å²) in [5, 5.41) is 14.6. The Morgan fingerprint density at radius 2 is 2.09 bits per heavy atom. The van der Waals surface area contributed by atoms with Gasteiger partial charge in [0.05, 0.1) is 22.9 Å². The Labute approximate surface area is 142 Å². The molecule has 22 heavy (non-hydrogen) atoms. The van der Waals surface area contributed by atoms with Crippen LogP contribution in [0.15, 0.2) is 29.4 Å². The van der Waals surface area contributed by atoms with Gasteiger partial charge in [0.25, 0.3) is 0 Å². The number of hydrazone groups is 1. The van der Waals surface area contributed by atoms with E-state index >= 15 is 0 Å². The maximum absolute atomic E-state index is 10.0. The quantitative estimate of drug-likeness (QED) is 0.465. The van der Waals surface area contributed by atoms with Crippen LogP contribution in [0.3, 0.4) is 0 Å². The average Bonchev–Trinajstić information content (AvgIpc) is 2.48. The van der Waals surface area contributed by atoms with Crippen molar-refractivity contribution in [2.45, 2.75) is 6.92 Å². The van der Waals surface area contributed by atoms with E-state index < -0.39 is 0 Å². The first-order chi connectivity index (χ1) is 10.5. The summed E-state index contributed by atoms with van der Waals surface area (Å²) in [7, 11) is 0. The third kappa shape index (κ3) is 3.94. The number of pyridine rings is 1. The summed E-state index contributed by atoms with van der Waals surface area (Å²) < 4.78 is 5.29. The van der Waals surface area contributed by atoms with Crippen LogP contribution in [0.2, 0.25) is 15.2 Å². The van der Waals surface area contributed by atoms with Crippen molar-refractivity contribution in [3.63, 3.8) is 0 Å². The molecular weight excluding hydrogens is 349 g/mol. The van der Waals surface area contributed by atoms with E-state index in [9.17, 15) is 5.11 Å². The first-order valence-corrected chi connectivity index (χ1v) is 7.41. The Hall–Kier alpha value is -1.69. The topological polar surface area (TPSA) is 66.7 Å². The molecule has 2 N–H and O–H groups in total. The summed E-state index contributed by atoms with van der Waals surface area (Å²) in [5.41, 5.74) is 3.12. The van der Waals surface area contributed by atoms with E-state index in [2.05, 4.69) is 15.5 Å². The number of aromatic nitrogens is 1. The highest BCUT2D eigenvalue weighted by molar-refractivity contribution is 6.42. The molecule has 1 aromatic heterocycles. The molecule has 0 atom stereocenters. The SMILES string of the molecule is CCOc1cccc(C=NNc2nc(Cl)c(Cl)cc2Cl)c1O. The molecule has 1 heterocycles. The van der Waals surface area contributed by atoms with Crippen molar-refractivity contribution in [2.24, 2.45) is 5.10 Å². The minimum absolute atomic E-state index is 0.00287. The predicted molar refractivity (Wildman–Crippen MR) is 89.8 cm³/mol. The van der Waals surface area contributed by atoms with Gasteiger partial charge in [-0.25, -0.2) is 4.98 Å². The number of nitrogens with zero attached hydrogens (tertiary/aromatic N) is 2. The summed E-state index contributed by atoms with van der Waals surface area (Å²) in [6.45, 7) is 2.29. The van der Waals surface area contributed by atoms with Gasteiger partial charge in [0.15, 0.2) is 17.3 Å². The molecule has 8 heteroatoms. The lowest BCUT2D eigenvalue weighted by Gasteiger charge is -2.07. The van der Waals surface area contributed by atoms with Gasteiger partial charge in [0.1, 0.15) is 5.15 Å². The summed E-state index contributed by atoms with van der Waals surface area (Å²) in [4.78, 5) is 3.96. The van der Waals surface area contributed by atoms with E-state index in [1.165, 1.54) is 12.3 Å². The van der Waals surface area contributed by atoms with Gasteiger partial charge < -0.3 is 9.84 Å². The molecule has 0 saturated carbocycles. The fraction of sp³-hybridized carbons (Fsp3) is 0.143. The van der Waals surface area contributed by atoms with Crippen molar-refractivity contribution < 1.29 is 9.84 Å². The van der Waals surface area contributed by atoms with E-state index in [1.807, 2.05) is 6.92 Å². The van der Waals surface area contributed by atoms with E-state index in [-0.39, 0.29) is 26.8 Å². The van der Waals surface area contributed by atoms with Crippen LogP contribution in [-0.4, -0.2) is 22.9 Å². The van der Waals surface area contributed by atoms with Crippen LogP contribution in [0.4, 0.5) is 5.82 Å². The highest BCUT2D eigenvalue weighted by Gasteiger charge is 2.08. The van der Waals surface area contributed by atoms with Gasteiger partial charge >= 0.3 is 0 Å². The molecule has 116 valence electrons. The number of aromatic hydroxyl groups is 1. The van der Waals surface area contributed by atoms with Gasteiger partial charge in [-0.2, -0.15) is 5.10 Å². The molecule has 0 bridgehead atoms. The number of rotatable bonds is 5. The summed E-state index contributed by atoms with van der Waals surface area (Å²) in [6, 6.07) is 6.56. The van der Waals surface area contributed by atoms with Crippen molar-refractivity contribution in [1.29, 1.82) is 0 Å². The number of hydrogen-bond donors (Lipinski definition) is 2. The molecule has 0 unspecified atom stereocenters. The molecule has 0 fully saturated rings. The van der Waals surface area contributed by atoms with Gasteiger partial charge in [-0.15, -0.1) is 0 Å². The summed E-state index contributed by atoms with van der Waals surface area (Å²) in [5.74, 6) is 0.646. The Bertz CT molecular complexity index is 708. The molecule has 2 rings (SSSR count). The van der Waals surface area contributed by atoms with Gasteiger partial charge in [-0.1, -0.05) is 40.9 Å². The van der Waals surface area contributed by atoms with Crippen LogP contribution >= 0.6 is 34.8 Å². The maximum atomic E-state index is 10.0. The number of ether oxygens (including phenoxy) is 1. The second kappa shape index (κ2) is 7.54. The van der Waals surface area contributed by atoms with Crippen molar-refractivity contribution in [3.05, 3.63) is 45.0 Å². The standard InChI is InChI=1S/C14H12Cl3N3O2/c1-2-22-11-5-3-4-8(12(11)21)7-18-20-14-10(16)6-9(15)13(17)19-14/h3-7,21H,2H2,1H3,(H,19,20). The zero-order valence-electron chi connectivity index (χ0n) is 11.5. The zero-order chi connectivity index (χ0) is 16.1. The lowest BCUT2D eigenvalue weighted by atomic mass is 10.2. The minimum Gasteiger partial charge on any atom is -0.504 e. The highest BCUT2D eigenvalue weighted by atomic mass is 35.5. The largest absolute Gasteiger partial charge is 0.504 e. The Morgan fingerprint density at radius 1 is 1.32 bits per heavy atom. The van der Waals surface area contributed by atoms with Crippen LogP contribution in [-0.2, 0) is 0 Å². The average molecular weight is 361 g/mol. The maximum Gasteiger partial charge on any atom is 0.166 e. The van der Waals surface area contributed by atoms with Crippen molar-refractivity contribution in [3.8, 4) is 11.5 Å². The molecule has 0 radical (unpaired) electrons. The number of benzene rings is 1. The third-order valence-electron chi connectivity index (χ3n) is 2.59. The van der Waals surface area contributed by atoms with E-state index in [4.69, 9.17) is 39.5 Å². The molecule has 5 nitrogen and oxygen atoms in total. The molecule has 0 aliphatic heterocycles. The zero-order valence-corrected chi connectivity index (χ0v) is 13.7. The molecule has 0 aliphatic rings. The number of phenolic OH excluding ortho intramolecular Hbond substituents is 1. The lowest BCUT2D eigenvalue weighted by molar-refractivity contribution is 0.318. The van der Waals surface area contributed by atoms with E-state index in [0.29, 0.717) is 17.9 Å². The van der Waals surface area contributed by atoms with Crippen LogP contribution in [0.25, 0.3) is 0 Å². The fourth-order valence-corrected chi connectivity index (χ4v) is 2.14.